The van der Waals surface area contributed by atoms with E-state index in [0.717, 1.165) is 0 Å². The summed E-state index contributed by atoms with van der Waals surface area (Å²) in [6.07, 6.45) is 5.11. The number of hydrogen-bond donors (Lipinski definition) is 2. The summed E-state index contributed by atoms with van der Waals surface area (Å²) in [4.78, 5) is 3.04. The topological polar surface area (TPSA) is 38.0 Å². The molecule has 3 N–H and O–H groups in total. The number of benzene rings is 1. The minimum absolute atomic E-state index is 0.329. The quantitative estimate of drug-likeness (QED) is 0.665. The zero-order chi connectivity index (χ0) is 13.5. The van der Waals surface area contributed by atoms with Gasteiger partial charge in [0.2, 0.25) is 0 Å². The number of hydrazine groups is 1. The molecule has 4 rings (SSSR count). The van der Waals surface area contributed by atoms with Crippen molar-refractivity contribution in [3.63, 3.8) is 0 Å². The van der Waals surface area contributed by atoms with Gasteiger partial charge in [0.05, 0.1) is 6.04 Å². The zero-order valence-electron chi connectivity index (χ0n) is 11.5. The highest BCUT2D eigenvalue weighted by molar-refractivity contribution is 7.12. The Balaban J connectivity index is 1.55. The molecule has 2 aliphatic carbocycles. The van der Waals surface area contributed by atoms with Gasteiger partial charge in [0.25, 0.3) is 0 Å². The van der Waals surface area contributed by atoms with Gasteiger partial charge < -0.3 is 0 Å². The second kappa shape index (κ2) is 4.99. The summed E-state index contributed by atoms with van der Waals surface area (Å²) in [5, 5.41) is 0. The SMILES string of the molecule is NNC(c1cc2c(s1)CCC2)C1CC1c1ccccc1. The van der Waals surface area contributed by atoms with E-state index < -0.39 is 0 Å². The van der Waals surface area contributed by atoms with Crippen LogP contribution in [0.1, 0.15) is 45.7 Å². The van der Waals surface area contributed by atoms with Gasteiger partial charge in [-0.2, -0.15) is 0 Å². The maximum Gasteiger partial charge on any atom is 0.0587 e. The predicted molar refractivity (Wildman–Crippen MR) is 83.7 cm³/mol. The molecule has 3 atom stereocenters. The highest BCUT2D eigenvalue weighted by Crippen LogP contribution is 2.55. The maximum atomic E-state index is 5.86. The van der Waals surface area contributed by atoms with Crippen LogP contribution >= 0.6 is 11.3 Å². The minimum atomic E-state index is 0.329. The molecule has 2 aromatic rings. The third kappa shape index (κ3) is 2.10. The lowest BCUT2D eigenvalue weighted by Gasteiger charge is -2.14. The van der Waals surface area contributed by atoms with Crippen LogP contribution in [-0.4, -0.2) is 0 Å². The Morgan fingerprint density at radius 2 is 2.05 bits per heavy atom. The van der Waals surface area contributed by atoms with E-state index in [4.69, 9.17) is 5.84 Å². The van der Waals surface area contributed by atoms with Crippen LogP contribution in [0.2, 0.25) is 0 Å². The molecule has 0 radical (unpaired) electrons. The highest BCUT2D eigenvalue weighted by Gasteiger charge is 2.44. The van der Waals surface area contributed by atoms with Gasteiger partial charge in [0.1, 0.15) is 0 Å². The molecular formula is C17H20N2S. The molecule has 3 heteroatoms. The summed E-state index contributed by atoms with van der Waals surface area (Å²) in [6, 6.07) is 13.6. The van der Waals surface area contributed by atoms with Crippen LogP contribution in [0, 0.1) is 5.92 Å². The van der Waals surface area contributed by atoms with Crippen LogP contribution in [-0.2, 0) is 12.8 Å². The smallest absolute Gasteiger partial charge is 0.0587 e. The van der Waals surface area contributed by atoms with Gasteiger partial charge in [0.15, 0.2) is 0 Å². The molecule has 1 fully saturated rings. The van der Waals surface area contributed by atoms with Crippen molar-refractivity contribution in [2.75, 3.05) is 0 Å². The standard InChI is InChI=1S/C17H20N2S/c18-19-17(16-9-12-7-4-8-15(12)20-16)14-10-13(14)11-5-2-1-3-6-11/h1-3,5-6,9,13-14,17,19H,4,7-8,10,18H2. The van der Waals surface area contributed by atoms with Gasteiger partial charge in [-0.3, -0.25) is 11.3 Å². The van der Waals surface area contributed by atoms with E-state index in [-0.39, 0.29) is 0 Å². The second-order valence-corrected chi connectivity index (χ2v) is 7.18. The van der Waals surface area contributed by atoms with Crippen molar-refractivity contribution < 1.29 is 0 Å². The number of hydrogen-bond acceptors (Lipinski definition) is 3. The Morgan fingerprint density at radius 1 is 1.20 bits per heavy atom. The summed E-state index contributed by atoms with van der Waals surface area (Å²) in [7, 11) is 0. The fourth-order valence-electron chi connectivity index (χ4n) is 3.59. The van der Waals surface area contributed by atoms with Gasteiger partial charge in [-0.25, -0.2) is 0 Å². The molecule has 0 spiro atoms. The third-order valence-electron chi connectivity index (χ3n) is 4.75. The zero-order valence-corrected chi connectivity index (χ0v) is 12.3. The van der Waals surface area contributed by atoms with E-state index in [2.05, 4.69) is 41.8 Å². The molecular weight excluding hydrogens is 264 g/mol. The Hall–Kier alpha value is -1.16. The predicted octanol–water partition coefficient (Wildman–Crippen LogP) is 3.54. The van der Waals surface area contributed by atoms with Crippen molar-refractivity contribution in [1.29, 1.82) is 0 Å². The third-order valence-corrected chi connectivity index (χ3v) is 6.07. The van der Waals surface area contributed by atoms with E-state index >= 15 is 0 Å². The fraction of sp³-hybridized carbons (Fsp3) is 0.412. The lowest BCUT2D eigenvalue weighted by atomic mass is 10.0. The van der Waals surface area contributed by atoms with E-state index in [9.17, 15) is 0 Å². The molecule has 1 aromatic heterocycles. The van der Waals surface area contributed by atoms with Crippen molar-refractivity contribution in [3.05, 3.63) is 57.3 Å². The van der Waals surface area contributed by atoms with Crippen molar-refractivity contribution >= 4 is 11.3 Å². The Labute approximate surface area is 124 Å². The van der Waals surface area contributed by atoms with Gasteiger partial charge in [-0.15, -0.1) is 11.3 Å². The summed E-state index contributed by atoms with van der Waals surface area (Å²) in [6.45, 7) is 0. The molecule has 3 unspecified atom stereocenters. The number of thiophene rings is 1. The van der Waals surface area contributed by atoms with Crippen LogP contribution in [0.15, 0.2) is 36.4 Å². The highest BCUT2D eigenvalue weighted by atomic mass is 32.1. The molecule has 0 saturated heterocycles. The summed E-state index contributed by atoms with van der Waals surface area (Å²) in [5.41, 5.74) is 6.11. The number of nitrogens with two attached hydrogens (primary N) is 1. The number of nitrogens with one attached hydrogen (secondary N) is 1. The molecule has 104 valence electrons. The van der Waals surface area contributed by atoms with Crippen LogP contribution in [0.5, 0.6) is 0 Å². The minimum Gasteiger partial charge on any atom is -0.271 e. The van der Waals surface area contributed by atoms with Crippen molar-refractivity contribution in [2.45, 2.75) is 37.6 Å². The summed E-state index contributed by atoms with van der Waals surface area (Å²) in [5.74, 6) is 7.19. The van der Waals surface area contributed by atoms with E-state index in [0.29, 0.717) is 17.9 Å². The molecule has 2 aliphatic rings. The van der Waals surface area contributed by atoms with E-state index in [1.165, 1.54) is 36.1 Å². The van der Waals surface area contributed by atoms with Crippen LogP contribution in [0.3, 0.4) is 0 Å². The first-order chi connectivity index (χ1) is 9.86. The monoisotopic (exact) mass is 284 g/mol. The first kappa shape index (κ1) is 12.6. The first-order valence-electron chi connectivity index (χ1n) is 7.49. The average molecular weight is 284 g/mol. The molecule has 2 nitrogen and oxygen atoms in total. The van der Waals surface area contributed by atoms with Gasteiger partial charge in [0, 0.05) is 9.75 Å². The summed E-state index contributed by atoms with van der Waals surface area (Å²) < 4.78 is 0. The molecule has 20 heavy (non-hydrogen) atoms. The average Bonchev–Trinajstić information content (AvgIpc) is 2.95. The van der Waals surface area contributed by atoms with E-state index in [1.54, 1.807) is 10.4 Å². The Morgan fingerprint density at radius 3 is 2.80 bits per heavy atom. The largest absolute Gasteiger partial charge is 0.271 e. The first-order valence-corrected chi connectivity index (χ1v) is 8.31. The Bertz CT molecular complexity index is 583. The lowest BCUT2D eigenvalue weighted by molar-refractivity contribution is 0.494. The Kier molecular flexibility index (Phi) is 3.14. The molecule has 0 amide bonds. The fourth-order valence-corrected chi connectivity index (χ4v) is 4.98. The molecule has 0 bridgehead atoms. The molecule has 1 saturated carbocycles. The lowest BCUT2D eigenvalue weighted by Crippen LogP contribution is -2.29. The number of rotatable bonds is 4. The molecule has 1 heterocycles. The molecule has 1 aromatic carbocycles. The maximum absolute atomic E-state index is 5.86. The van der Waals surface area contributed by atoms with Crippen molar-refractivity contribution in [1.82, 2.24) is 5.43 Å². The van der Waals surface area contributed by atoms with Gasteiger partial charge in [-0.1, -0.05) is 30.3 Å². The van der Waals surface area contributed by atoms with Crippen LogP contribution < -0.4 is 11.3 Å². The van der Waals surface area contributed by atoms with Crippen molar-refractivity contribution in [2.24, 2.45) is 11.8 Å². The number of fused-ring (bicyclic) bond motifs is 1. The normalized spacial score (nSPS) is 25.4. The summed E-state index contributed by atoms with van der Waals surface area (Å²) >= 11 is 1.98. The van der Waals surface area contributed by atoms with Crippen molar-refractivity contribution in [3.8, 4) is 0 Å². The number of aryl methyl sites for hydroxylation is 2. The molecule has 0 aliphatic heterocycles. The van der Waals surface area contributed by atoms with Crippen LogP contribution in [0.25, 0.3) is 0 Å². The van der Waals surface area contributed by atoms with Gasteiger partial charge in [-0.05, 0) is 54.7 Å². The van der Waals surface area contributed by atoms with Gasteiger partial charge >= 0.3 is 0 Å². The van der Waals surface area contributed by atoms with Crippen LogP contribution in [0.4, 0.5) is 0 Å². The second-order valence-electron chi connectivity index (χ2n) is 6.01. The van der Waals surface area contributed by atoms with E-state index in [1.807, 2.05) is 11.3 Å².